The molecule has 0 amide bonds. The van der Waals surface area contributed by atoms with Crippen LogP contribution < -0.4 is 0 Å². The maximum absolute atomic E-state index is 6.28. The molecular weight excluding hydrogens is 635 g/mol. The zero-order chi connectivity index (χ0) is 36.8. The number of ether oxygens (including phenoxy) is 3. The fourth-order valence-corrected chi connectivity index (χ4v) is 5.91. The van der Waals surface area contributed by atoms with Crippen LogP contribution in [0.3, 0.4) is 0 Å². The highest BCUT2D eigenvalue weighted by Gasteiger charge is 2.47. The van der Waals surface area contributed by atoms with E-state index in [1.165, 1.54) is 0 Å². The average molecular weight is 684 g/mol. The van der Waals surface area contributed by atoms with Gasteiger partial charge >= 0.3 is 0 Å². The smallest absolute Gasteiger partial charge is 0.217 e. The molecule has 0 atom stereocenters. The van der Waals surface area contributed by atoms with E-state index < -0.39 is 16.8 Å². The van der Waals surface area contributed by atoms with Crippen LogP contribution in [0, 0.1) is 0 Å². The van der Waals surface area contributed by atoms with Crippen molar-refractivity contribution in [2.24, 2.45) is 15.0 Å². The standard InChI is InChI=1S/C43H49N5O3/c1-38(2)41(7,8)49-35(46-38)29-19-13-26(14-20-29)32-25-33(27-15-21-30(22-16-27)36-47-39(3,4)42(9,10)50-36)45-34(44-32)28-17-23-31(24-18-28)37-48-40(5,6)43(11,12)51-37/h13-25H,1-12H3. The van der Waals surface area contributed by atoms with Crippen LogP contribution in [0.2, 0.25) is 0 Å². The van der Waals surface area contributed by atoms with E-state index in [1.54, 1.807) is 0 Å². The maximum atomic E-state index is 6.28. The molecule has 264 valence electrons. The minimum atomic E-state index is -0.399. The highest BCUT2D eigenvalue weighted by atomic mass is 16.5. The summed E-state index contributed by atoms with van der Waals surface area (Å²) in [6.45, 7) is 25.0. The summed E-state index contributed by atoms with van der Waals surface area (Å²) in [5.41, 5.74) is 5.06. The van der Waals surface area contributed by atoms with Crippen LogP contribution in [-0.4, -0.2) is 61.1 Å². The second-order valence-electron chi connectivity index (χ2n) is 17.0. The van der Waals surface area contributed by atoms with Crippen molar-refractivity contribution in [3.8, 4) is 33.9 Å². The molecule has 0 saturated heterocycles. The number of nitrogens with zero attached hydrogens (tertiary/aromatic N) is 5. The Bertz CT molecular complexity index is 1850. The van der Waals surface area contributed by atoms with Crippen LogP contribution in [0.4, 0.5) is 0 Å². The first kappa shape index (κ1) is 34.6. The molecule has 0 spiro atoms. The number of hydrogen-bond donors (Lipinski definition) is 0. The fourth-order valence-electron chi connectivity index (χ4n) is 5.91. The highest BCUT2D eigenvalue weighted by Crippen LogP contribution is 2.39. The summed E-state index contributed by atoms with van der Waals surface area (Å²) in [6.07, 6.45) is 0. The molecule has 1 aromatic heterocycles. The van der Waals surface area contributed by atoms with Crippen LogP contribution in [0.15, 0.2) is 93.8 Å². The minimum absolute atomic E-state index is 0.325. The van der Waals surface area contributed by atoms with E-state index in [-0.39, 0.29) is 16.6 Å². The molecule has 3 aliphatic rings. The lowest BCUT2D eigenvalue weighted by Gasteiger charge is -2.30. The molecule has 51 heavy (non-hydrogen) atoms. The molecule has 0 fully saturated rings. The van der Waals surface area contributed by atoms with Crippen LogP contribution in [0.1, 0.15) is 99.8 Å². The van der Waals surface area contributed by atoms with Gasteiger partial charge in [-0.05, 0) is 126 Å². The van der Waals surface area contributed by atoms with Crippen molar-refractivity contribution >= 4 is 17.7 Å². The van der Waals surface area contributed by atoms with Crippen molar-refractivity contribution in [2.45, 2.75) is 117 Å². The second kappa shape index (κ2) is 11.3. The van der Waals surface area contributed by atoms with Gasteiger partial charge < -0.3 is 14.2 Å². The summed E-state index contributed by atoms with van der Waals surface area (Å²) < 4.78 is 18.8. The van der Waals surface area contributed by atoms with Crippen LogP contribution in [-0.2, 0) is 14.2 Å². The molecule has 0 bridgehead atoms. The Balaban J connectivity index is 1.25. The Morgan fingerprint density at radius 1 is 0.353 bits per heavy atom. The topological polar surface area (TPSA) is 90.6 Å². The summed E-state index contributed by atoms with van der Waals surface area (Å²) >= 11 is 0. The predicted octanol–water partition coefficient (Wildman–Crippen LogP) is 9.48. The van der Waals surface area contributed by atoms with Gasteiger partial charge in [0.25, 0.3) is 0 Å². The zero-order valence-electron chi connectivity index (χ0n) is 32.0. The Hall–Kier alpha value is -4.85. The fraction of sp³-hybridized carbons (Fsp3) is 0.419. The summed E-state index contributed by atoms with van der Waals surface area (Å²) in [5, 5.41) is 0. The highest BCUT2D eigenvalue weighted by molar-refractivity contribution is 5.98. The van der Waals surface area contributed by atoms with Gasteiger partial charge in [0.05, 0.1) is 28.0 Å². The van der Waals surface area contributed by atoms with Gasteiger partial charge in [0, 0.05) is 33.4 Å². The number of rotatable bonds is 6. The van der Waals surface area contributed by atoms with Crippen LogP contribution in [0.5, 0.6) is 0 Å². The van der Waals surface area contributed by atoms with Gasteiger partial charge in [-0.2, -0.15) is 0 Å². The third-order valence-electron chi connectivity index (χ3n) is 11.6. The molecule has 0 unspecified atom stereocenters. The van der Waals surface area contributed by atoms with Crippen molar-refractivity contribution in [2.75, 3.05) is 0 Å². The van der Waals surface area contributed by atoms with Gasteiger partial charge in [0.15, 0.2) is 5.82 Å². The first-order valence-electron chi connectivity index (χ1n) is 17.8. The quantitative estimate of drug-likeness (QED) is 0.202. The molecule has 8 nitrogen and oxygen atoms in total. The maximum Gasteiger partial charge on any atom is 0.217 e. The summed E-state index contributed by atoms with van der Waals surface area (Å²) in [6, 6.07) is 26.6. The molecule has 4 aromatic rings. The normalized spacial score (nSPS) is 21.5. The van der Waals surface area contributed by atoms with Gasteiger partial charge in [-0.15, -0.1) is 0 Å². The Kier molecular flexibility index (Phi) is 7.68. The third kappa shape index (κ3) is 6.02. The molecule has 0 N–H and O–H groups in total. The van der Waals surface area contributed by atoms with Crippen molar-refractivity contribution in [1.82, 2.24) is 9.97 Å². The molecular formula is C43H49N5O3. The van der Waals surface area contributed by atoms with Crippen LogP contribution in [0.25, 0.3) is 33.9 Å². The number of hydrogen-bond acceptors (Lipinski definition) is 8. The molecule has 8 heteroatoms. The molecule has 3 aliphatic heterocycles. The first-order valence-corrected chi connectivity index (χ1v) is 17.8. The van der Waals surface area contributed by atoms with Gasteiger partial charge in [-0.25, -0.2) is 24.9 Å². The molecule has 4 heterocycles. The van der Waals surface area contributed by atoms with Crippen molar-refractivity contribution in [1.29, 1.82) is 0 Å². The lowest BCUT2D eigenvalue weighted by Crippen LogP contribution is -2.41. The largest absolute Gasteiger partial charge is 0.469 e. The van der Waals surface area contributed by atoms with Crippen molar-refractivity contribution in [3.63, 3.8) is 0 Å². The molecule has 7 rings (SSSR count). The second-order valence-corrected chi connectivity index (χ2v) is 17.0. The van der Waals surface area contributed by atoms with E-state index in [4.69, 9.17) is 39.2 Å². The average Bonchev–Trinajstić information content (AvgIpc) is 3.53. The minimum Gasteiger partial charge on any atom is -0.469 e. The van der Waals surface area contributed by atoms with E-state index in [9.17, 15) is 0 Å². The molecule has 3 aromatic carbocycles. The Morgan fingerprint density at radius 2 is 0.608 bits per heavy atom. The first-order chi connectivity index (χ1) is 23.7. The summed E-state index contributed by atoms with van der Waals surface area (Å²) in [4.78, 5) is 24.8. The Morgan fingerprint density at radius 3 is 0.863 bits per heavy atom. The summed E-state index contributed by atoms with van der Waals surface area (Å²) in [7, 11) is 0. The van der Waals surface area contributed by atoms with E-state index >= 15 is 0 Å². The Labute approximate surface area is 302 Å². The lowest BCUT2D eigenvalue weighted by molar-refractivity contribution is 0.0618. The van der Waals surface area contributed by atoms with E-state index in [1.807, 2.05) is 54.6 Å². The third-order valence-corrected chi connectivity index (χ3v) is 11.6. The number of aromatic nitrogens is 2. The van der Waals surface area contributed by atoms with Crippen LogP contribution >= 0.6 is 0 Å². The predicted molar refractivity (Wildman–Crippen MR) is 206 cm³/mol. The van der Waals surface area contributed by atoms with E-state index in [0.29, 0.717) is 23.5 Å². The zero-order valence-corrected chi connectivity index (χ0v) is 32.0. The van der Waals surface area contributed by atoms with Gasteiger partial charge in [0.2, 0.25) is 17.7 Å². The van der Waals surface area contributed by atoms with E-state index in [2.05, 4.69) is 107 Å². The monoisotopic (exact) mass is 683 g/mol. The summed E-state index contributed by atoms with van der Waals surface area (Å²) in [5.74, 6) is 2.59. The van der Waals surface area contributed by atoms with Gasteiger partial charge in [0.1, 0.15) is 16.8 Å². The van der Waals surface area contributed by atoms with E-state index in [0.717, 1.165) is 44.8 Å². The number of aliphatic imine (C=N–C) groups is 3. The van der Waals surface area contributed by atoms with Crippen molar-refractivity contribution < 1.29 is 14.2 Å². The lowest BCUT2D eigenvalue weighted by atomic mass is 9.87. The van der Waals surface area contributed by atoms with Crippen molar-refractivity contribution in [3.05, 3.63) is 95.6 Å². The molecule has 0 aliphatic carbocycles. The number of benzene rings is 3. The van der Waals surface area contributed by atoms with Gasteiger partial charge in [-0.1, -0.05) is 36.4 Å². The molecule has 0 saturated carbocycles. The SMILES string of the molecule is CC1(C)N=C(c2ccc(-c3cc(-c4ccc(C5=NC(C)(C)C(C)(C)O5)cc4)nc(-c4ccc(C5=NC(C)(C)C(C)(C)O5)cc4)n3)cc2)OC1(C)C. The molecule has 0 radical (unpaired) electrons. The van der Waals surface area contributed by atoms with Gasteiger partial charge in [-0.3, -0.25) is 0 Å².